The number of anilines is 2. The van der Waals surface area contributed by atoms with E-state index in [2.05, 4.69) is 20.6 Å². The Labute approximate surface area is 259 Å². The Hall–Kier alpha value is -4.65. The van der Waals surface area contributed by atoms with E-state index in [1.54, 1.807) is 26.8 Å². The number of nitrogens with zero attached hydrogens (tertiary/aromatic N) is 5. The Morgan fingerprint density at radius 1 is 1.14 bits per heavy atom. The maximum absolute atomic E-state index is 14.0. The van der Waals surface area contributed by atoms with Gasteiger partial charge in [0.2, 0.25) is 0 Å². The normalized spacial score (nSPS) is 14.7. The molecule has 44 heavy (non-hydrogen) atoms. The molecule has 0 bridgehead atoms. The first kappa shape index (κ1) is 32.3. The molecule has 2 aromatic heterocycles. The lowest BCUT2D eigenvalue weighted by Gasteiger charge is -2.24. The van der Waals surface area contributed by atoms with Crippen molar-refractivity contribution in [3.63, 3.8) is 0 Å². The zero-order valence-electron chi connectivity index (χ0n) is 25.3. The summed E-state index contributed by atoms with van der Waals surface area (Å²) in [6.45, 7) is 8.34. The zero-order chi connectivity index (χ0) is 31.1. The average molecular weight is 628 g/mol. The Balaban J connectivity index is 0.00000442. The van der Waals surface area contributed by atoms with Gasteiger partial charge in [-0.2, -0.15) is 9.78 Å². The smallest absolute Gasteiger partial charge is 0.407 e. The van der Waals surface area contributed by atoms with Crippen LogP contribution in [0.5, 0.6) is 5.75 Å². The number of benzene rings is 2. The van der Waals surface area contributed by atoms with Gasteiger partial charge in [-0.3, -0.25) is 9.59 Å². The maximum atomic E-state index is 14.0. The highest BCUT2D eigenvalue weighted by Crippen LogP contribution is 2.37. The summed E-state index contributed by atoms with van der Waals surface area (Å²) >= 11 is 0. The minimum Gasteiger partial charge on any atom is -0.494 e. The fourth-order valence-corrected chi connectivity index (χ4v) is 5.11. The summed E-state index contributed by atoms with van der Waals surface area (Å²) in [5, 5.41) is 9.86. The molecule has 1 atom stereocenters. The van der Waals surface area contributed by atoms with Crippen molar-refractivity contribution in [1.82, 2.24) is 24.6 Å². The van der Waals surface area contributed by atoms with E-state index < -0.39 is 29.0 Å². The van der Waals surface area contributed by atoms with Crippen molar-refractivity contribution in [2.45, 2.75) is 45.8 Å². The number of aryl methyl sites for hydroxylation is 2. The Morgan fingerprint density at radius 3 is 2.59 bits per heavy atom. The molecule has 4 aromatic rings. The van der Waals surface area contributed by atoms with Gasteiger partial charge < -0.3 is 29.6 Å². The number of alkyl carbamates (subject to hydrolysis) is 1. The topological polar surface area (TPSA) is 133 Å². The third-order valence-corrected chi connectivity index (χ3v) is 7.18. The summed E-state index contributed by atoms with van der Waals surface area (Å²) in [6.07, 6.45) is 1.45. The van der Waals surface area contributed by atoms with Crippen molar-refractivity contribution in [3.8, 4) is 11.4 Å². The van der Waals surface area contributed by atoms with Crippen molar-refractivity contribution in [1.29, 1.82) is 0 Å². The first-order valence-electron chi connectivity index (χ1n) is 13.8. The van der Waals surface area contributed by atoms with Gasteiger partial charge in [0.25, 0.3) is 11.5 Å². The molecule has 0 radical (unpaired) electrons. The largest absolute Gasteiger partial charge is 0.494 e. The average Bonchev–Trinajstić information content (AvgIpc) is 3.50. The number of methoxy groups -OCH3 is 1. The van der Waals surface area contributed by atoms with Crippen LogP contribution in [0.2, 0.25) is 0 Å². The predicted molar refractivity (Wildman–Crippen MR) is 167 cm³/mol. The van der Waals surface area contributed by atoms with Gasteiger partial charge in [-0.05, 0) is 64.4 Å². The van der Waals surface area contributed by atoms with E-state index >= 15 is 0 Å². The van der Waals surface area contributed by atoms with Gasteiger partial charge in [0, 0.05) is 32.4 Å². The van der Waals surface area contributed by atoms with E-state index in [1.807, 2.05) is 24.6 Å². The molecule has 12 nitrogen and oxygen atoms in total. The van der Waals surface area contributed by atoms with E-state index in [0.29, 0.717) is 36.4 Å². The third-order valence-electron chi connectivity index (χ3n) is 7.18. The van der Waals surface area contributed by atoms with E-state index in [-0.39, 0.29) is 35.4 Å². The summed E-state index contributed by atoms with van der Waals surface area (Å²) in [6, 6.07) is 8.42. The highest BCUT2D eigenvalue weighted by Gasteiger charge is 2.30. The lowest BCUT2D eigenvalue weighted by atomic mass is 10.2. The molecule has 1 aliphatic rings. The molecule has 14 heteroatoms. The van der Waals surface area contributed by atoms with Crippen LogP contribution in [-0.4, -0.2) is 63.2 Å². The number of amides is 2. The molecule has 2 N–H and O–H groups in total. The number of carbonyl (C=O) groups excluding carboxylic acids is 2. The molecule has 2 aromatic carbocycles. The van der Waals surface area contributed by atoms with Crippen LogP contribution in [0.3, 0.4) is 0 Å². The monoisotopic (exact) mass is 627 g/mol. The minimum atomic E-state index is -0.747. The molecule has 234 valence electrons. The first-order valence-corrected chi connectivity index (χ1v) is 13.8. The summed E-state index contributed by atoms with van der Waals surface area (Å²) in [7, 11) is 3.30. The summed E-state index contributed by atoms with van der Waals surface area (Å²) in [5.41, 5.74) is 1.14. The van der Waals surface area contributed by atoms with E-state index in [4.69, 9.17) is 14.5 Å². The van der Waals surface area contributed by atoms with Gasteiger partial charge in [0.1, 0.15) is 39.8 Å². The second kappa shape index (κ2) is 12.5. The molecule has 1 fully saturated rings. The molecular weight excluding hydrogens is 593 g/mol. The molecule has 1 aliphatic heterocycles. The summed E-state index contributed by atoms with van der Waals surface area (Å²) in [4.78, 5) is 46.2. The van der Waals surface area contributed by atoms with E-state index in [1.165, 1.54) is 31.5 Å². The molecule has 3 heterocycles. The highest BCUT2D eigenvalue weighted by atomic mass is 35.5. The molecular formula is C30H35ClFN7O5. The fourth-order valence-electron chi connectivity index (χ4n) is 5.11. The molecule has 0 spiro atoms. The number of fused-ring (bicyclic) bond motifs is 1. The van der Waals surface area contributed by atoms with Crippen molar-refractivity contribution in [2.24, 2.45) is 7.05 Å². The lowest BCUT2D eigenvalue weighted by molar-refractivity contribution is 0.0509. The van der Waals surface area contributed by atoms with Gasteiger partial charge in [-0.1, -0.05) is 0 Å². The Kier molecular flexibility index (Phi) is 9.19. The number of aromatic nitrogens is 4. The summed E-state index contributed by atoms with van der Waals surface area (Å²) < 4.78 is 27.6. The fraction of sp³-hybridized carbons (Fsp3) is 0.367. The number of hydrogen-bond acceptors (Lipinski definition) is 8. The number of halogens is 2. The van der Waals surface area contributed by atoms with Crippen molar-refractivity contribution < 1.29 is 23.5 Å². The lowest BCUT2D eigenvalue weighted by Crippen LogP contribution is -2.40. The van der Waals surface area contributed by atoms with Gasteiger partial charge >= 0.3 is 6.09 Å². The van der Waals surface area contributed by atoms with Crippen LogP contribution in [0.1, 0.15) is 43.4 Å². The number of nitrogens with one attached hydrogen (secondary N) is 2. The van der Waals surface area contributed by atoms with Crippen LogP contribution in [0.15, 0.2) is 47.4 Å². The molecule has 0 unspecified atom stereocenters. The highest BCUT2D eigenvalue weighted by molar-refractivity contribution is 6.09. The molecule has 0 saturated carbocycles. The van der Waals surface area contributed by atoms with Crippen molar-refractivity contribution in [3.05, 3.63) is 70.2 Å². The third kappa shape index (κ3) is 6.47. The van der Waals surface area contributed by atoms with Crippen LogP contribution in [-0.2, 0) is 11.8 Å². The second-order valence-corrected chi connectivity index (χ2v) is 11.4. The predicted octanol–water partition coefficient (Wildman–Crippen LogP) is 4.35. The number of ether oxygens (including phenoxy) is 2. The van der Waals surface area contributed by atoms with Crippen molar-refractivity contribution >= 4 is 46.8 Å². The summed E-state index contributed by atoms with van der Waals surface area (Å²) in [5.74, 6) is -0.265. The van der Waals surface area contributed by atoms with Crippen LogP contribution >= 0.6 is 12.4 Å². The van der Waals surface area contributed by atoms with Crippen LogP contribution < -0.4 is 25.8 Å². The van der Waals surface area contributed by atoms with Crippen LogP contribution in [0, 0.1) is 12.7 Å². The van der Waals surface area contributed by atoms with Gasteiger partial charge in [-0.15, -0.1) is 12.4 Å². The maximum Gasteiger partial charge on any atom is 0.407 e. The van der Waals surface area contributed by atoms with E-state index in [0.717, 1.165) is 22.1 Å². The Bertz CT molecular complexity index is 1780. The Morgan fingerprint density at radius 2 is 1.89 bits per heavy atom. The standard InChI is InChI=1S/C30H34FN7O5.ClH/c1-17-33-25-22(36(17)5)9-8-21(26(25)37-14-12-19(16-37)34-29(41)43-30(2,3)4)35-27(39)20-11-13-32-38(28(20)40)23-15-18(31)7-10-24(23)42-6;/h7-11,13,15,19H,12,14,16H2,1-6H3,(H,34,41)(H,35,39);1H/t19-;/m0./s1. The van der Waals surface area contributed by atoms with Gasteiger partial charge in [0.05, 0.1) is 30.0 Å². The number of carbonyl (C=O) groups is 2. The second-order valence-electron chi connectivity index (χ2n) is 11.4. The van der Waals surface area contributed by atoms with Crippen LogP contribution in [0.4, 0.5) is 20.6 Å². The molecule has 2 amide bonds. The van der Waals surface area contributed by atoms with Crippen LogP contribution in [0.25, 0.3) is 16.7 Å². The number of imidazole rings is 1. The molecule has 5 rings (SSSR count). The number of rotatable bonds is 6. The van der Waals surface area contributed by atoms with Gasteiger partial charge in [0.15, 0.2) is 0 Å². The molecule has 1 saturated heterocycles. The van der Waals surface area contributed by atoms with E-state index in [9.17, 15) is 18.8 Å². The first-order chi connectivity index (χ1) is 20.4. The minimum absolute atomic E-state index is 0. The molecule has 0 aliphatic carbocycles. The quantitative estimate of drug-likeness (QED) is 0.322. The number of hydrogen-bond donors (Lipinski definition) is 2. The van der Waals surface area contributed by atoms with Crippen molar-refractivity contribution in [2.75, 3.05) is 30.4 Å². The SMILES string of the molecule is COc1ccc(F)cc1-n1nccc(C(=O)Nc2ccc3c(nc(C)n3C)c2N2CC[C@H](NC(=O)OC(C)(C)C)C2)c1=O.Cl. The van der Waals surface area contributed by atoms with Gasteiger partial charge in [-0.25, -0.2) is 14.2 Å². The zero-order valence-corrected chi connectivity index (χ0v) is 26.1.